The number of carbonyl (C=O) groups is 2. The van der Waals surface area contributed by atoms with Crippen LogP contribution < -0.4 is 16.0 Å². The van der Waals surface area contributed by atoms with E-state index in [1.807, 2.05) is 24.3 Å². The highest BCUT2D eigenvalue weighted by atomic mass is 16.2. The molecule has 1 aromatic heterocycles. The Morgan fingerprint density at radius 1 is 1.11 bits per heavy atom. The van der Waals surface area contributed by atoms with Gasteiger partial charge in [0.15, 0.2) is 0 Å². The van der Waals surface area contributed by atoms with Crippen molar-refractivity contribution in [2.24, 2.45) is 5.92 Å². The molecular weight excluding hydrogens is 352 g/mol. The summed E-state index contributed by atoms with van der Waals surface area (Å²) in [5, 5.41) is 9.43. The Balaban J connectivity index is 1.31. The Morgan fingerprint density at radius 3 is 2.75 bits per heavy atom. The van der Waals surface area contributed by atoms with E-state index in [2.05, 4.69) is 20.9 Å². The highest BCUT2D eigenvalue weighted by Gasteiger charge is 2.37. The maximum atomic E-state index is 12.6. The van der Waals surface area contributed by atoms with Crippen LogP contribution in [0, 0.1) is 5.92 Å². The van der Waals surface area contributed by atoms with Crippen LogP contribution in [-0.4, -0.2) is 28.9 Å². The molecule has 1 saturated heterocycles. The fraction of sp³-hybridized carbons (Fsp3) is 0.409. The molecule has 6 heteroatoms. The zero-order chi connectivity index (χ0) is 19.3. The monoisotopic (exact) mass is 378 g/mol. The van der Waals surface area contributed by atoms with E-state index >= 15 is 0 Å². The highest BCUT2D eigenvalue weighted by Crippen LogP contribution is 2.33. The molecule has 2 aliphatic rings. The number of anilines is 1. The van der Waals surface area contributed by atoms with Gasteiger partial charge >= 0.3 is 0 Å². The molecule has 146 valence electrons. The Morgan fingerprint density at radius 2 is 1.93 bits per heavy atom. The smallest absolute Gasteiger partial charge is 0.255 e. The van der Waals surface area contributed by atoms with Gasteiger partial charge in [-0.25, -0.2) is 0 Å². The number of nitrogens with one attached hydrogen (secondary N) is 3. The van der Waals surface area contributed by atoms with E-state index in [9.17, 15) is 9.59 Å². The van der Waals surface area contributed by atoms with Crippen molar-refractivity contribution in [2.75, 3.05) is 5.32 Å². The minimum Gasteiger partial charge on any atom is -0.351 e. The molecule has 1 aliphatic heterocycles. The van der Waals surface area contributed by atoms with Gasteiger partial charge in [0.05, 0.1) is 6.04 Å². The lowest BCUT2D eigenvalue weighted by Crippen LogP contribution is -2.42. The van der Waals surface area contributed by atoms with Crippen LogP contribution in [0.25, 0.3) is 0 Å². The van der Waals surface area contributed by atoms with E-state index in [-0.39, 0.29) is 17.9 Å². The molecule has 3 N–H and O–H groups in total. The van der Waals surface area contributed by atoms with E-state index in [4.69, 9.17) is 0 Å². The summed E-state index contributed by atoms with van der Waals surface area (Å²) in [5.41, 5.74) is 2.22. The summed E-state index contributed by atoms with van der Waals surface area (Å²) in [5.74, 6) is 0.540. The van der Waals surface area contributed by atoms with Gasteiger partial charge in [-0.15, -0.1) is 0 Å². The van der Waals surface area contributed by atoms with Gasteiger partial charge in [0.2, 0.25) is 5.91 Å². The predicted octanol–water partition coefficient (Wildman–Crippen LogP) is 2.87. The van der Waals surface area contributed by atoms with Gasteiger partial charge in [0.25, 0.3) is 5.91 Å². The standard InChI is InChI=1S/C22H26N4O2/c27-21(16-8-10-23-11-9-16)25-18-6-3-4-15(12-18)14-24-22(28)20-13-17-5-1-2-7-19(17)26-20/h3-4,6,8-12,17,19-20,26H,1-2,5,7,13-14H2,(H,24,28)(H,25,27). The maximum absolute atomic E-state index is 12.6. The van der Waals surface area contributed by atoms with Gasteiger partial charge in [0.1, 0.15) is 0 Å². The quantitative estimate of drug-likeness (QED) is 0.747. The molecule has 2 heterocycles. The fourth-order valence-electron chi connectivity index (χ4n) is 4.30. The van der Waals surface area contributed by atoms with Crippen LogP contribution in [0.15, 0.2) is 48.8 Å². The Kier molecular flexibility index (Phi) is 5.67. The number of aromatic nitrogens is 1. The topological polar surface area (TPSA) is 83.1 Å². The van der Waals surface area contributed by atoms with Gasteiger partial charge in [-0.1, -0.05) is 25.0 Å². The second kappa shape index (κ2) is 8.52. The van der Waals surface area contributed by atoms with Gasteiger partial charge in [-0.05, 0) is 55.0 Å². The van der Waals surface area contributed by atoms with Crippen molar-refractivity contribution in [3.63, 3.8) is 0 Å². The van der Waals surface area contributed by atoms with Crippen molar-refractivity contribution in [3.8, 4) is 0 Å². The van der Waals surface area contributed by atoms with Gasteiger partial charge in [-0.2, -0.15) is 0 Å². The van der Waals surface area contributed by atoms with Crippen molar-refractivity contribution in [3.05, 3.63) is 59.9 Å². The molecule has 2 aromatic rings. The summed E-state index contributed by atoms with van der Waals surface area (Å²) in [6, 6.07) is 11.3. The first-order valence-corrected chi connectivity index (χ1v) is 10.0. The zero-order valence-electron chi connectivity index (χ0n) is 15.9. The first-order valence-electron chi connectivity index (χ1n) is 10.0. The second-order valence-electron chi connectivity index (χ2n) is 7.71. The molecule has 28 heavy (non-hydrogen) atoms. The van der Waals surface area contributed by atoms with Crippen LogP contribution in [-0.2, 0) is 11.3 Å². The van der Waals surface area contributed by atoms with E-state index in [0.717, 1.165) is 12.0 Å². The van der Waals surface area contributed by atoms with Crippen LogP contribution in [0.4, 0.5) is 5.69 Å². The molecule has 0 bridgehead atoms. The number of hydrogen-bond donors (Lipinski definition) is 3. The average Bonchev–Trinajstić information content (AvgIpc) is 3.17. The van der Waals surface area contributed by atoms with Crippen molar-refractivity contribution in [2.45, 2.75) is 50.7 Å². The predicted molar refractivity (Wildman–Crippen MR) is 108 cm³/mol. The zero-order valence-corrected chi connectivity index (χ0v) is 15.9. The Labute approximate surface area is 165 Å². The van der Waals surface area contributed by atoms with E-state index < -0.39 is 0 Å². The van der Waals surface area contributed by atoms with Crippen molar-refractivity contribution < 1.29 is 9.59 Å². The summed E-state index contributed by atoms with van der Waals surface area (Å²) in [7, 11) is 0. The number of benzene rings is 1. The van der Waals surface area contributed by atoms with Gasteiger partial charge in [0, 0.05) is 36.2 Å². The number of pyridine rings is 1. The van der Waals surface area contributed by atoms with Crippen LogP contribution in [0.1, 0.15) is 48.0 Å². The average molecular weight is 378 g/mol. The fourth-order valence-corrected chi connectivity index (χ4v) is 4.30. The van der Waals surface area contributed by atoms with Crippen molar-refractivity contribution >= 4 is 17.5 Å². The lowest BCUT2D eigenvalue weighted by atomic mass is 9.85. The minimum atomic E-state index is -0.179. The number of rotatable bonds is 5. The summed E-state index contributed by atoms with van der Waals surface area (Å²) in [6.07, 6.45) is 9.10. The van der Waals surface area contributed by atoms with Gasteiger partial charge < -0.3 is 16.0 Å². The van der Waals surface area contributed by atoms with E-state index in [1.54, 1.807) is 24.5 Å². The summed E-state index contributed by atoms with van der Waals surface area (Å²) >= 11 is 0. The van der Waals surface area contributed by atoms with Crippen LogP contribution in [0.5, 0.6) is 0 Å². The minimum absolute atomic E-state index is 0.0700. The van der Waals surface area contributed by atoms with Crippen LogP contribution in [0.3, 0.4) is 0 Å². The highest BCUT2D eigenvalue weighted by molar-refractivity contribution is 6.04. The van der Waals surface area contributed by atoms with Crippen LogP contribution >= 0.6 is 0 Å². The third-order valence-corrected chi connectivity index (χ3v) is 5.77. The number of hydrogen-bond acceptors (Lipinski definition) is 4. The normalized spacial score (nSPS) is 23.6. The molecule has 1 saturated carbocycles. The Bertz CT molecular complexity index is 825. The molecule has 0 radical (unpaired) electrons. The Hall–Kier alpha value is -2.73. The third-order valence-electron chi connectivity index (χ3n) is 5.77. The molecule has 1 aliphatic carbocycles. The largest absolute Gasteiger partial charge is 0.351 e. The molecule has 2 amide bonds. The molecule has 0 spiro atoms. The summed E-state index contributed by atoms with van der Waals surface area (Å²) in [6.45, 7) is 0.450. The maximum Gasteiger partial charge on any atom is 0.255 e. The van der Waals surface area contributed by atoms with Crippen molar-refractivity contribution in [1.29, 1.82) is 0 Å². The molecule has 3 unspecified atom stereocenters. The lowest BCUT2D eigenvalue weighted by Gasteiger charge is -2.24. The van der Waals surface area contributed by atoms with E-state index in [0.29, 0.717) is 29.8 Å². The molecule has 3 atom stereocenters. The molecule has 4 rings (SSSR count). The molecule has 2 fully saturated rings. The number of nitrogens with zero attached hydrogens (tertiary/aromatic N) is 1. The third kappa shape index (κ3) is 4.39. The van der Waals surface area contributed by atoms with Crippen molar-refractivity contribution in [1.82, 2.24) is 15.6 Å². The first-order chi connectivity index (χ1) is 13.7. The summed E-state index contributed by atoms with van der Waals surface area (Å²) < 4.78 is 0. The first kappa shape index (κ1) is 18.6. The van der Waals surface area contributed by atoms with Gasteiger partial charge in [-0.3, -0.25) is 14.6 Å². The number of fused-ring (bicyclic) bond motifs is 1. The number of amides is 2. The SMILES string of the molecule is O=C(Nc1cccc(CNC(=O)C2CC3CCCCC3N2)c1)c1ccncc1. The number of carbonyl (C=O) groups excluding carboxylic acids is 2. The summed E-state index contributed by atoms with van der Waals surface area (Å²) in [4.78, 5) is 28.8. The van der Waals surface area contributed by atoms with Crippen LogP contribution in [0.2, 0.25) is 0 Å². The second-order valence-corrected chi connectivity index (χ2v) is 7.71. The molecular formula is C22H26N4O2. The molecule has 1 aromatic carbocycles. The lowest BCUT2D eigenvalue weighted by molar-refractivity contribution is -0.123. The van der Waals surface area contributed by atoms with E-state index in [1.165, 1.54) is 25.7 Å². The molecule has 6 nitrogen and oxygen atoms in total.